The van der Waals surface area contributed by atoms with Crippen LogP contribution in [0.25, 0.3) is 11.3 Å². The number of hydrogen-bond donors (Lipinski definition) is 4. The van der Waals surface area contributed by atoms with Crippen molar-refractivity contribution in [1.29, 1.82) is 0 Å². The Morgan fingerprint density at radius 1 is 0.857 bits per heavy atom. The molecule has 17 heteroatoms. The Kier molecular flexibility index (Phi) is 12.6. The minimum absolute atomic E-state index is 0.0791. The predicted molar refractivity (Wildman–Crippen MR) is 202 cm³/mol. The lowest BCUT2D eigenvalue weighted by Gasteiger charge is -2.33. The van der Waals surface area contributed by atoms with Crippen molar-refractivity contribution in [1.82, 2.24) is 40.4 Å². The minimum Gasteiger partial charge on any atom is -0.453 e. The molecule has 4 amide bonds. The van der Waals surface area contributed by atoms with Crippen molar-refractivity contribution in [3.63, 3.8) is 0 Å². The molecule has 2 aromatic heterocycles. The number of imidazole rings is 2. The first-order valence-electron chi connectivity index (χ1n) is 19.2. The van der Waals surface area contributed by atoms with Crippen LogP contribution in [0.3, 0.4) is 0 Å². The molecule has 56 heavy (non-hydrogen) atoms. The number of ether oxygens (including phenoxy) is 2. The van der Waals surface area contributed by atoms with Gasteiger partial charge in [0.25, 0.3) is 0 Å². The summed E-state index contributed by atoms with van der Waals surface area (Å²) in [6.07, 6.45) is 7.91. The molecule has 3 aliphatic rings. The predicted octanol–water partition coefficient (Wildman–Crippen LogP) is 5.47. The van der Waals surface area contributed by atoms with Gasteiger partial charge in [0.15, 0.2) is 0 Å². The number of likely N-dealkylation sites (tertiary alicyclic amines) is 2. The Hall–Kier alpha value is -5.48. The summed E-state index contributed by atoms with van der Waals surface area (Å²) < 4.78 is 40.9. The number of carbonyl (C=O) groups excluding carboxylic acids is 4. The molecule has 0 aliphatic carbocycles. The molecule has 0 spiro atoms. The molecule has 302 valence electrons. The number of nitrogens with one attached hydrogen (secondary N) is 4. The first kappa shape index (κ1) is 40.2. The van der Waals surface area contributed by atoms with E-state index < -0.39 is 35.9 Å². The summed E-state index contributed by atoms with van der Waals surface area (Å²) in [5.74, 6) is -0.793. The number of rotatable bonds is 12. The summed E-state index contributed by atoms with van der Waals surface area (Å²) in [7, 11) is 2.49. The van der Waals surface area contributed by atoms with Crippen molar-refractivity contribution in [2.45, 2.75) is 88.9 Å². The van der Waals surface area contributed by atoms with Crippen molar-refractivity contribution in [2.24, 2.45) is 5.92 Å². The smallest absolute Gasteiger partial charge is 0.407 e. The molecular formula is C39H51F2N9O6. The summed E-state index contributed by atoms with van der Waals surface area (Å²) in [4.78, 5) is 71.6. The molecule has 0 unspecified atom stereocenters. The van der Waals surface area contributed by atoms with Gasteiger partial charge in [-0.2, -0.15) is 0 Å². The zero-order valence-electron chi connectivity index (χ0n) is 32.3. The topological polar surface area (TPSA) is 178 Å². The molecule has 5 heterocycles. The molecule has 15 nitrogen and oxygen atoms in total. The highest BCUT2D eigenvalue weighted by Crippen LogP contribution is 2.38. The van der Waals surface area contributed by atoms with Crippen LogP contribution in [0.15, 0.2) is 37.2 Å². The van der Waals surface area contributed by atoms with Crippen LogP contribution in [0, 0.1) is 17.6 Å². The fraction of sp³-hybridized carbons (Fsp3) is 0.538. The number of methoxy groups -OCH3 is 2. The number of nitrogens with zero attached hydrogens (tertiary/aromatic N) is 5. The van der Waals surface area contributed by atoms with Crippen LogP contribution >= 0.6 is 0 Å². The number of alkyl carbamates (subject to hydrolysis) is 2. The van der Waals surface area contributed by atoms with Crippen LogP contribution in [-0.2, 0) is 19.1 Å². The van der Waals surface area contributed by atoms with E-state index in [0.717, 1.165) is 25.0 Å². The Bertz CT molecular complexity index is 1880. The third-order valence-corrected chi connectivity index (χ3v) is 11.1. The van der Waals surface area contributed by atoms with Crippen LogP contribution in [0.4, 0.5) is 24.1 Å². The molecular weight excluding hydrogens is 728 g/mol. The monoisotopic (exact) mass is 779 g/mol. The Balaban J connectivity index is 1.09. The summed E-state index contributed by atoms with van der Waals surface area (Å²) in [6.45, 7) is 9.24. The number of aromatic nitrogens is 4. The van der Waals surface area contributed by atoms with Gasteiger partial charge in [-0.15, -0.1) is 6.58 Å². The molecule has 4 atom stereocenters. The van der Waals surface area contributed by atoms with Gasteiger partial charge in [0.05, 0.1) is 38.2 Å². The van der Waals surface area contributed by atoms with Crippen LogP contribution < -0.4 is 15.5 Å². The highest BCUT2D eigenvalue weighted by molar-refractivity contribution is 5.87. The summed E-state index contributed by atoms with van der Waals surface area (Å²) in [5, 5.41) is 5.22. The van der Waals surface area contributed by atoms with Crippen LogP contribution in [0.2, 0.25) is 0 Å². The minimum atomic E-state index is -0.798. The van der Waals surface area contributed by atoms with Gasteiger partial charge in [-0.05, 0) is 63.0 Å². The zero-order chi connectivity index (χ0) is 40.1. The van der Waals surface area contributed by atoms with Crippen LogP contribution in [0.5, 0.6) is 0 Å². The van der Waals surface area contributed by atoms with Gasteiger partial charge >= 0.3 is 12.2 Å². The fourth-order valence-electron chi connectivity index (χ4n) is 8.12. The highest BCUT2D eigenvalue weighted by Gasteiger charge is 2.39. The van der Waals surface area contributed by atoms with E-state index in [2.05, 4.69) is 37.1 Å². The second-order valence-electron chi connectivity index (χ2n) is 14.9. The Labute approximate surface area is 324 Å². The van der Waals surface area contributed by atoms with Crippen molar-refractivity contribution in [3.05, 3.63) is 66.2 Å². The average molecular weight is 780 g/mol. The van der Waals surface area contributed by atoms with Gasteiger partial charge in [0, 0.05) is 49.6 Å². The van der Waals surface area contributed by atoms with Gasteiger partial charge in [0.1, 0.15) is 41.1 Å². The SMILES string of the molecule is C=CC[C@H](NC(=O)OC)C(=O)N1CCC[C@H]1c1ncc(C2CCN(c3c(F)cc(-c4cnc([C@@H]5CCCN5C(=O)[C@@H](NC(=O)OC)C(C)C)[nH]4)cc3F)CC2)[nH]1. The molecule has 0 bridgehead atoms. The maximum absolute atomic E-state index is 15.8. The second kappa shape index (κ2) is 17.5. The number of piperidine rings is 1. The van der Waals surface area contributed by atoms with E-state index >= 15 is 8.78 Å². The third-order valence-electron chi connectivity index (χ3n) is 11.1. The lowest BCUT2D eigenvalue weighted by Crippen LogP contribution is -2.51. The number of halogens is 2. The quantitative estimate of drug-likeness (QED) is 0.174. The van der Waals surface area contributed by atoms with Crippen molar-refractivity contribution < 1.29 is 37.4 Å². The third kappa shape index (κ3) is 8.50. The normalized spacial score (nSPS) is 19.9. The summed E-state index contributed by atoms with van der Waals surface area (Å²) >= 11 is 0. The number of H-pyrrole nitrogens is 2. The van der Waals surface area contributed by atoms with Crippen molar-refractivity contribution >= 4 is 29.7 Å². The van der Waals surface area contributed by atoms with E-state index in [4.69, 9.17) is 9.47 Å². The lowest BCUT2D eigenvalue weighted by molar-refractivity contribution is -0.135. The van der Waals surface area contributed by atoms with Crippen molar-refractivity contribution in [2.75, 3.05) is 45.3 Å². The second-order valence-corrected chi connectivity index (χ2v) is 14.9. The Morgan fingerprint density at radius 3 is 2.02 bits per heavy atom. The molecule has 0 saturated carbocycles. The number of amides is 4. The fourth-order valence-corrected chi connectivity index (χ4v) is 8.12. The number of hydrogen-bond acceptors (Lipinski definition) is 9. The van der Waals surface area contributed by atoms with E-state index in [0.29, 0.717) is 68.3 Å². The Morgan fingerprint density at radius 2 is 1.43 bits per heavy atom. The molecule has 3 fully saturated rings. The van der Waals surface area contributed by atoms with E-state index in [1.54, 1.807) is 27.0 Å². The van der Waals surface area contributed by atoms with Gasteiger partial charge in [0.2, 0.25) is 11.8 Å². The van der Waals surface area contributed by atoms with Crippen molar-refractivity contribution in [3.8, 4) is 11.3 Å². The molecule has 3 aromatic rings. The van der Waals surface area contributed by atoms with E-state index in [-0.39, 0.29) is 47.8 Å². The number of benzene rings is 1. The first-order valence-corrected chi connectivity index (χ1v) is 19.2. The summed E-state index contributed by atoms with van der Waals surface area (Å²) in [6, 6.07) is 0.351. The van der Waals surface area contributed by atoms with Gasteiger partial charge in [-0.1, -0.05) is 19.9 Å². The standard InChI is InChI=1S/C39H51F2N9O6/c1-6-9-27(46-38(53)55-4)36(51)49-14-7-10-30(49)34-42-20-28(44-34)23-12-16-48(17-13-23)33-25(40)18-24(19-26(33)41)29-21-43-35(45-29)31-11-8-15-50(31)37(52)32(22(2)3)47-39(54)56-5/h6,18-23,27,30-32H,1,7-17H2,2-5H3,(H,42,44)(H,43,45)(H,46,53)(H,47,54)/t27-,30-,31-,32-/m0/s1. The lowest BCUT2D eigenvalue weighted by atomic mass is 9.93. The first-order chi connectivity index (χ1) is 26.9. The average Bonchev–Trinajstić information content (AvgIpc) is 4.02. The number of anilines is 1. The largest absolute Gasteiger partial charge is 0.453 e. The molecule has 6 rings (SSSR count). The van der Waals surface area contributed by atoms with Gasteiger partial charge in [-0.3, -0.25) is 9.59 Å². The number of carbonyl (C=O) groups is 4. The molecule has 0 radical (unpaired) electrons. The van der Waals surface area contributed by atoms with Crippen LogP contribution in [0.1, 0.15) is 94.1 Å². The van der Waals surface area contributed by atoms with E-state index in [9.17, 15) is 19.2 Å². The maximum Gasteiger partial charge on any atom is 0.407 e. The molecule has 4 N–H and O–H groups in total. The van der Waals surface area contributed by atoms with Gasteiger partial charge in [-0.25, -0.2) is 28.3 Å². The molecule has 3 saturated heterocycles. The maximum atomic E-state index is 15.8. The summed E-state index contributed by atoms with van der Waals surface area (Å²) in [5.41, 5.74) is 1.53. The molecule has 1 aromatic carbocycles. The highest BCUT2D eigenvalue weighted by atomic mass is 19.1. The number of aromatic amines is 2. The zero-order valence-corrected chi connectivity index (χ0v) is 32.3. The van der Waals surface area contributed by atoms with E-state index in [1.807, 2.05) is 13.8 Å². The van der Waals surface area contributed by atoms with Crippen LogP contribution in [-0.4, -0.2) is 106 Å². The van der Waals surface area contributed by atoms with Gasteiger partial charge < -0.3 is 44.8 Å². The van der Waals surface area contributed by atoms with E-state index in [1.165, 1.54) is 32.5 Å². The molecule has 3 aliphatic heterocycles.